The number of carboxylic acids is 1. The first kappa shape index (κ1) is 14.5. The van der Waals surface area contributed by atoms with Crippen LogP contribution in [-0.4, -0.2) is 34.9 Å². The van der Waals surface area contributed by atoms with Gasteiger partial charge in [-0.15, -0.1) is 0 Å². The Morgan fingerprint density at radius 3 is 2.41 bits per heavy atom. The van der Waals surface area contributed by atoms with Gasteiger partial charge >= 0.3 is 5.97 Å². The van der Waals surface area contributed by atoms with E-state index in [1.807, 2.05) is 13.8 Å². The summed E-state index contributed by atoms with van der Waals surface area (Å²) in [6, 6.07) is -0.562. The van der Waals surface area contributed by atoms with Gasteiger partial charge in [-0.3, -0.25) is 4.79 Å². The Balaban J connectivity index is 2.25. The van der Waals surface area contributed by atoms with Crippen LogP contribution in [-0.2, 0) is 4.79 Å². The van der Waals surface area contributed by atoms with Gasteiger partial charge in [0.25, 0.3) is 0 Å². The summed E-state index contributed by atoms with van der Waals surface area (Å²) in [4.78, 5) is 11.0. The van der Waals surface area contributed by atoms with Crippen molar-refractivity contribution in [3.63, 3.8) is 0 Å². The van der Waals surface area contributed by atoms with E-state index in [0.717, 1.165) is 6.42 Å². The number of nitrogens with one attached hydrogen (secondary N) is 1. The number of aliphatic carboxylic acids is 1. The molecule has 0 spiro atoms. The zero-order chi connectivity index (χ0) is 12.8. The van der Waals surface area contributed by atoms with Crippen LogP contribution in [0.5, 0.6) is 0 Å². The molecule has 0 bridgehead atoms. The summed E-state index contributed by atoms with van der Waals surface area (Å²) in [6.07, 6.45) is 5.35. The van der Waals surface area contributed by atoms with E-state index in [9.17, 15) is 9.90 Å². The van der Waals surface area contributed by atoms with Crippen molar-refractivity contribution in [1.82, 2.24) is 5.32 Å². The monoisotopic (exact) mass is 243 g/mol. The average Bonchev–Trinajstić information content (AvgIpc) is 2.69. The Kier molecular flexibility index (Phi) is 5.92. The van der Waals surface area contributed by atoms with Crippen molar-refractivity contribution in [2.45, 2.75) is 58.1 Å². The smallest absolute Gasteiger partial charge is 0.320 e. The molecule has 0 radical (unpaired) electrons. The molecule has 4 nitrogen and oxygen atoms in total. The average molecular weight is 243 g/mol. The minimum absolute atomic E-state index is 0.0335. The Morgan fingerprint density at radius 1 is 1.35 bits per heavy atom. The zero-order valence-electron chi connectivity index (χ0n) is 10.9. The minimum Gasteiger partial charge on any atom is -0.480 e. The topological polar surface area (TPSA) is 69.6 Å². The Morgan fingerprint density at radius 2 is 1.94 bits per heavy atom. The number of rotatable bonds is 7. The lowest BCUT2D eigenvalue weighted by atomic mass is 9.99. The van der Waals surface area contributed by atoms with E-state index < -0.39 is 18.1 Å². The van der Waals surface area contributed by atoms with Crippen molar-refractivity contribution in [2.75, 3.05) is 6.54 Å². The Hall–Kier alpha value is -0.610. The maximum atomic E-state index is 11.0. The van der Waals surface area contributed by atoms with Gasteiger partial charge < -0.3 is 15.5 Å². The Labute approximate surface area is 103 Å². The first-order valence-corrected chi connectivity index (χ1v) is 6.65. The van der Waals surface area contributed by atoms with Crippen LogP contribution in [0.25, 0.3) is 0 Å². The lowest BCUT2D eigenvalue weighted by Gasteiger charge is -2.21. The summed E-state index contributed by atoms with van der Waals surface area (Å²) in [5, 5.41) is 21.8. The van der Waals surface area contributed by atoms with E-state index >= 15 is 0 Å². The molecule has 17 heavy (non-hydrogen) atoms. The second-order valence-electron chi connectivity index (χ2n) is 5.51. The molecule has 100 valence electrons. The first-order valence-electron chi connectivity index (χ1n) is 6.65. The van der Waals surface area contributed by atoms with E-state index in [1.165, 1.54) is 25.7 Å². The fourth-order valence-corrected chi connectivity index (χ4v) is 2.59. The van der Waals surface area contributed by atoms with Crippen LogP contribution in [0.3, 0.4) is 0 Å². The molecule has 0 amide bonds. The normalized spacial score (nSPS) is 20.7. The van der Waals surface area contributed by atoms with Crippen LogP contribution in [0, 0.1) is 11.8 Å². The van der Waals surface area contributed by atoms with Crippen molar-refractivity contribution in [3.8, 4) is 0 Å². The largest absolute Gasteiger partial charge is 0.480 e. The zero-order valence-corrected chi connectivity index (χ0v) is 10.9. The molecule has 0 saturated heterocycles. The van der Waals surface area contributed by atoms with Crippen molar-refractivity contribution in [3.05, 3.63) is 0 Å². The minimum atomic E-state index is -0.840. The van der Waals surface area contributed by atoms with E-state index in [-0.39, 0.29) is 5.92 Å². The molecule has 2 unspecified atom stereocenters. The van der Waals surface area contributed by atoms with Crippen LogP contribution >= 0.6 is 0 Å². The lowest BCUT2D eigenvalue weighted by Crippen LogP contribution is -2.44. The molecular weight excluding hydrogens is 218 g/mol. The van der Waals surface area contributed by atoms with Gasteiger partial charge in [0.1, 0.15) is 6.04 Å². The second-order valence-corrected chi connectivity index (χ2v) is 5.51. The van der Waals surface area contributed by atoms with E-state index in [2.05, 4.69) is 5.32 Å². The molecule has 0 aromatic carbocycles. The highest BCUT2D eigenvalue weighted by Gasteiger charge is 2.23. The lowest BCUT2D eigenvalue weighted by molar-refractivity contribution is -0.140. The summed E-state index contributed by atoms with van der Waals surface area (Å²) in [6.45, 7) is 4.12. The highest BCUT2D eigenvalue weighted by molar-refractivity contribution is 5.73. The maximum Gasteiger partial charge on any atom is 0.320 e. The number of carboxylic acid groups (broad SMARTS) is 1. The molecule has 2 atom stereocenters. The third kappa shape index (κ3) is 5.04. The fourth-order valence-electron chi connectivity index (χ4n) is 2.59. The number of aliphatic hydroxyl groups is 1. The van der Waals surface area contributed by atoms with Gasteiger partial charge in [0, 0.05) is 6.54 Å². The predicted molar refractivity (Wildman–Crippen MR) is 66.8 cm³/mol. The fraction of sp³-hybridized carbons (Fsp3) is 0.923. The number of aliphatic hydroxyl groups excluding tert-OH is 1. The van der Waals surface area contributed by atoms with Gasteiger partial charge in [0.15, 0.2) is 0 Å². The van der Waals surface area contributed by atoms with Crippen LogP contribution in [0.15, 0.2) is 0 Å². The molecule has 4 heteroatoms. The third-order valence-corrected chi connectivity index (χ3v) is 3.59. The molecule has 0 aromatic heterocycles. The standard InChI is InChI=1S/C13H25NO3/c1-9(2)12(13(16)17)14-8-11(15)7-10-5-3-4-6-10/h9-12,14-15H,3-8H2,1-2H3,(H,16,17). The Bertz CT molecular complexity index is 237. The highest BCUT2D eigenvalue weighted by Crippen LogP contribution is 2.28. The van der Waals surface area contributed by atoms with Gasteiger partial charge in [0.05, 0.1) is 6.10 Å². The number of hydrogen-bond donors (Lipinski definition) is 3. The van der Waals surface area contributed by atoms with Crippen molar-refractivity contribution in [2.24, 2.45) is 11.8 Å². The molecule has 1 rings (SSSR count). The van der Waals surface area contributed by atoms with Gasteiger partial charge in [-0.1, -0.05) is 39.5 Å². The van der Waals surface area contributed by atoms with Crippen LogP contribution in [0.2, 0.25) is 0 Å². The molecule has 1 saturated carbocycles. The molecular formula is C13H25NO3. The molecule has 0 heterocycles. The molecule has 0 aromatic rings. The second kappa shape index (κ2) is 6.97. The van der Waals surface area contributed by atoms with Gasteiger partial charge in [-0.25, -0.2) is 0 Å². The quantitative estimate of drug-likeness (QED) is 0.635. The summed E-state index contributed by atoms with van der Waals surface area (Å²) < 4.78 is 0. The molecule has 1 fully saturated rings. The predicted octanol–water partition coefficient (Wildman–Crippen LogP) is 1.63. The van der Waals surface area contributed by atoms with Crippen molar-refractivity contribution in [1.29, 1.82) is 0 Å². The summed E-state index contributed by atoms with van der Waals surface area (Å²) in [7, 11) is 0. The maximum absolute atomic E-state index is 11.0. The van der Waals surface area contributed by atoms with Crippen LogP contribution in [0.4, 0.5) is 0 Å². The summed E-state index contributed by atoms with van der Waals surface area (Å²) in [5.74, 6) is -0.173. The SMILES string of the molecule is CC(C)C(NCC(O)CC1CCCC1)C(=O)O. The third-order valence-electron chi connectivity index (χ3n) is 3.59. The van der Waals surface area contributed by atoms with E-state index in [0.29, 0.717) is 12.5 Å². The summed E-state index contributed by atoms with van der Waals surface area (Å²) >= 11 is 0. The summed E-state index contributed by atoms with van der Waals surface area (Å²) in [5.41, 5.74) is 0. The van der Waals surface area contributed by atoms with Crippen molar-refractivity contribution >= 4 is 5.97 Å². The van der Waals surface area contributed by atoms with E-state index in [4.69, 9.17) is 5.11 Å². The molecule has 3 N–H and O–H groups in total. The molecule has 1 aliphatic carbocycles. The number of carbonyl (C=O) groups is 1. The highest BCUT2D eigenvalue weighted by atomic mass is 16.4. The van der Waals surface area contributed by atoms with Gasteiger partial charge in [0.2, 0.25) is 0 Å². The van der Waals surface area contributed by atoms with Crippen LogP contribution in [0.1, 0.15) is 46.0 Å². The number of hydrogen-bond acceptors (Lipinski definition) is 3. The van der Waals surface area contributed by atoms with Crippen LogP contribution < -0.4 is 5.32 Å². The first-order chi connectivity index (χ1) is 8.00. The molecule has 0 aliphatic heterocycles. The molecule has 1 aliphatic rings. The van der Waals surface area contributed by atoms with E-state index in [1.54, 1.807) is 0 Å². The van der Waals surface area contributed by atoms with Gasteiger partial charge in [-0.05, 0) is 18.3 Å². The van der Waals surface area contributed by atoms with Gasteiger partial charge in [-0.2, -0.15) is 0 Å². The van der Waals surface area contributed by atoms with Crippen molar-refractivity contribution < 1.29 is 15.0 Å².